The number of hydrogen-bond donors (Lipinski definition) is 2. The predicted molar refractivity (Wildman–Crippen MR) is 86.1 cm³/mol. The number of nitrogens with two attached hydrogens (primary N) is 1. The molecule has 1 amide bonds. The number of carbonyl (C=O) groups is 1. The topological polar surface area (TPSA) is 68.0 Å². The second-order valence-electron chi connectivity index (χ2n) is 4.16. The van der Waals surface area contributed by atoms with Crippen molar-refractivity contribution < 1.29 is 4.79 Å². The van der Waals surface area contributed by atoms with Gasteiger partial charge < -0.3 is 11.1 Å². The molecule has 0 saturated heterocycles. The molecule has 3 rings (SSSR count). The van der Waals surface area contributed by atoms with Gasteiger partial charge in [-0.3, -0.25) is 9.78 Å². The molecule has 2 aromatic heterocycles. The molecule has 0 fully saturated rings. The Balaban J connectivity index is 1.99. The second kappa shape index (κ2) is 5.22. The molecule has 0 aliphatic heterocycles. The average Bonchev–Trinajstić information content (AvgIpc) is 2.89. The van der Waals surface area contributed by atoms with Crippen LogP contribution < -0.4 is 11.1 Å². The summed E-state index contributed by atoms with van der Waals surface area (Å²) >= 11 is 4.74. The summed E-state index contributed by atoms with van der Waals surface area (Å²) in [5.74, 6) is -0.143. The third-order valence-corrected chi connectivity index (χ3v) is 4.47. The minimum absolute atomic E-state index is 0.143. The van der Waals surface area contributed by atoms with E-state index < -0.39 is 0 Å². The third kappa shape index (κ3) is 2.39. The normalized spacial score (nSPS) is 10.7. The number of anilines is 2. The summed E-state index contributed by atoms with van der Waals surface area (Å²) in [6.07, 6.45) is 1.68. The summed E-state index contributed by atoms with van der Waals surface area (Å²) in [7, 11) is 0. The molecule has 0 aliphatic rings. The first-order valence-electron chi connectivity index (χ1n) is 5.85. The van der Waals surface area contributed by atoms with Crippen LogP contribution in [0.1, 0.15) is 9.67 Å². The van der Waals surface area contributed by atoms with Crippen LogP contribution in [0, 0.1) is 0 Å². The lowest BCUT2D eigenvalue weighted by atomic mass is 10.1. The highest BCUT2D eigenvalue weighted by molar-refractivity contribution is 9.11. The molecule has 0 unspecified atom stereocenters. The maximum absolute atomic E-state index is 12.2. The Bertz CT molecular complexity index is 800. The number of fused-ring (bicyclic) bond motifs is 1. The summed E-state index contributed by atoms with van der Waals surface area (Å²) in [4.78, 5) is 17.1. The zero-order chi connectivity index (χ0) is 14.1. The summed E-state index contributed by atoms with van der Waals surface area (Å²) in [6.45, 7) is 0. The largest absolute Gasteiger partial charge is 0.397 e. The molecule has 0 bridgehead atoms. The van der Waals surface area contributed by atoms with Crippen LogP contribution in [0.5, 0.6) is 0 Å². The molecule has 6 heteroatoms. The fraction of sp³-hybridized carbons (Fsp3) is 0. The molecule has 0 radical (unpaired) electrons. The van der Waals surface area contributed by atoms with Gasteiger partial charge in [0.05, 0.1) is 25.6 Å². The molecule has 20 heavy (non-hydrogen) atoms. The van der Waals surface area contributed by atoms with E-state index in [1.807, 2.05) is 18.2 Å². The van der Waals surface area contributed by atoms with Gasteiger partial charge >= 0.3 is 0 Å². The lowest BCUT2D eigenvalue weighted by Crippen LogP contribution is -2.10. The predicted octanol–water partition coefficient (Wildman–Crippen LogP) is 3.89. The lowest BCUT2D eigenvalue weighted by molar-refractivity contribution is 0.103. The number of halogens is 1. The average molecular weight is 348 g/mol. The monoisotopic (exact) mass is 347 g/mol. The first-order valence-corrected chi connectivity index (χ1v) is 7.46. The molecule has 3 N–H and O–H groups in total. The number of nitrogens with zero attached hydrogens (tertiary/aromatic N) is 1. The number of carbonyl (C=O) groups excluding carboxylic acids is 1. The van der Waals surface area contributed by atoms with E-state index in [1.54, 1.807) is 24.4 Å². The van der Waals surface area contributed by atoms with Crippen LogP contribution in [0.3, 0.4) is 0 Å². The summed E-state index contributed by atoms with van der Waals surface area (Å²) in [5, 5.41) is 3.73. The van der Waals surface area contributed by atoms with E-state index in [9.17, 15) is 4.79 Å². The Labute approximate surface area is 127 Å². The molecule has 3 aromatic rings. The van der Waals surface area contributed by atoms with Crippen LogP contribution >= 0.6 is 27.3 Å². The Kier molecular flexibility index (Phi) is 3.42. The SMILES string of the molecule is Nc1ccc(NC(=O)c2ccc(Br)s2)c2cccnc12. The quantitative estimate of drug-likeness (QED) is 0.691. The number of hydrogen-bond acceptors (Lipinski definition) is 4. The van der Waals surface area contributed by atoms with Crippen molar-refractivity contribution in [3.05, 3.63) is 51.3 Å². The number of amides is 1. The van der Waals surface area contributed by atoms with Crippen molar-refractivity contribution >= 4 is 55.5 Å². The number of pyridine rings is 1. The minimum Gasteiger partial charge on any atom is -0.397 e. The van der Waals surface area contributed by atoms with Crippen molar-refractivity contribution in [2.45, 2.75) is 0 Å². The van der Waals surface area contributed by atoms with Crippen LogP contribution in [0.25, 0.3) is 10.9 Å². The van der Waals surface area contributed by atoms with Crippen LogP contribution in [0.4, 0.5) is 11.4 Å². The molecule has 0 aliphatic carbocycles. The molecule has 2 heterocycles. The van der Waals surface area contributed by atoms with Gasteiger partial charge in [-0.2, -0.15) is 0 Å². The van der Waals surface area contributed by atoms with Gasteiger partial charge in [0.25, 0.3) is 5.91 Å². The first-order chi connectivity index (χ1) is 9.65. The third-order valence-electron chi connectivity index (χ3n) is 2.85. The number of thiophene rings is 1. The zero-order valence-electron chi connectivity index (χ0n) is 10.3. The van der Waals surface area contributed by atoms with Crippen molar-refractivity contribution in [3.63, 3.8) is 0 Å². The highest BCUT2D eigenvalue weighted by Gasteiger charge is 2.11. The van der Waals surface area contributed by atoms with Crippen molar-refractivity contribution in [2.75, 3.05) is 11.1 Å². The van der Waals surface area contributed by atoms with Gasteiger partial charge in [0.1, 0.15) is 0 Å². The highest BCUT2D eigenvalue weighted by atomic mass is 79.9. The van der Waals surface area contributed by atoms with Crippen LogP contribution in [-0.2, 0) is 0 Å². The van der Waals surface area contributed by atoms with Gasteiger partial charge in [0, 0.05) is 11.6 Å². The van der Waals surface area contributed by atoms with E-state index in [4.69, 9.17) is 5.73 Å². The van der Waals surface area contributed by atoms with Crippen LogP contribution in [-0.4, -0.2) is 10.9 Å². The van der Waals surface area contributed by atoms with Crippen molar-refractivity contribution in [3.8, 4) is 0 Å². The molecule has 1 aromatic carbocycles. The molecular weight excluding hydrogens is 338 g/mol. The fourth-order valence-corrected chi connectivity index (χ4v) is 3.21. The molecule has 0 atom stereocenters. The maximum Gasteiger partial charge on any atom is 0.265 e. The Morgan fingerprint density at radius 2 is 2.10 bits per heavy atom. The van der Waals surface area contributed by atoms with Gasteiger partial charge in [0.2, 0.25) is 0 Å². The molecule has 100 valence electrons. The number of benzene rings is 1. The minimum atomic E-state index is -0.143. The van der Waals surface area contributed by atoms with Gasteiger partial charge in [-0.15, -0.1) is 11.3 Å². The Hall–Kier alpha value is -1.92. The number of nitrogen functional groups attached to an aromatic ring is 1. The van der Waals surface area contributed by atoms with E-state index in [2.05, 4.69) is 26.2 Å². The second-order valence-corrected chi connectivity index (χ2v) is 6.62. The van der Waals surface area contributed by atoms with E-state index >= 15 is 0 Å². The van der Waals surface area contributed by atoms with Gasteiger partial charge in [-0.1, -0.05) is 0 Å². The number of nitrogens with one attached hydrogen (secondary N) is 1. The van der Waals surface area contributed by atoms with Crippen LogP contribution in [0.2, 0.25) is 0 Å². The molecule has 4 nitrogen and oxygen atoms in total. The zero-order valence-corrected chi connectivity index (χ0v) is 12.7. The van der Waals surface area contributed by atoms with Crippen molar-refractivity contribution in [2.24, 2.45) is 0 Å². The standard InChI is InChI=1S/C14H10BrN3OS/c15-12-6-5-11(20-12)14(19)18-10-4-3-9(16)13-8(10)2-1-7-17-13/h1-7H,16H2,(H,18,19). The van der Waals surface area contributed by atoms with Crippen molar-refractivity contribution in [1.82, 2.24) is 4.98 Å². The first kappa shape index (κ1) is 13.1. The van der Waals surface area contributed by atoms with Crippen LogP contribution in [0.15, 0.2) is 46.4 Å². The molecular formula is C14H10BrN3OS. The Morgan fingerprint density at radius 3 is 2.85 bits per heavy atom. The highest BCUT2D eigenvalue weighted by Crippen LogP contribution is 2.28. The van der Waals surface area contributed by atoms with Crippen molar-refractivity contribution in [1.29, 1.82) is 0 Å². The molecule has 0 saturated carbocycles. The van der Waals surface area contributed by atoms with Gasteiger partial charge in [-0.05, 0) is 52.3 Å². The maximum atomic E-state index is 12.2. The smallest absolute Gasteiger partial charge is 0.265 e. The fourth-order valence-electron chi connectivity index (χ4n) is 1.92. The van der Waals surface area contributed by atoms with E-state index in [1.165, 1.54) is 11.3 Å². The Morgan fingerprint density at radius 1 is 1.25 bits per heavy atom. The number of aromatic nitrogens is 1. The number of rotatable bonds is 2. The van der Waals surface area contributed by atoms with E-state index in [-0.39, 0.29) is 5.91 Å². The summed E-state index contributed by atoms with van der Waals surface area (Å²) in [5.41, 5.74) is 7.88. The van der Waals surface area contributed by atoms with Gasteiger partial charge in [0.15, 0.2) is 0 Å². The van der Waals surface area contributed by atoms with Gasteiger partial charge in [-0.25, -0.2) is 0 Å². The summed E-state index contributed by atoms with van der Waals surface area (Å²) in [6, 6.07) is 10.9. The van der Waals surface area contributed by atoms with E-state index in [0.29, 0.717) is 21.8 Å². The van der Waals surface area contributed by atoms with E-state index in [0.717, 1.165) is 9.17 Å². The molecule has 0 spiro atoms. The lowest BCUT2D eigenvalue weighted by Gasteiger charge is -2.09. The summed E-state index contributed by atoms with van der Waals surface area (Å²) < 4.78 is 0.923.